The Bertz CT molecular complexity index is 1220. The van der Waals surface area contributed by atoms with Gasteiger partial charge in [-0.3, -0.25) is 19.5 Å². The van der Waals surface area contributed by atoms with Crippen molar-refractivity contribution >= 4 is 23.4 Å². The number of benzene rings is 2. The molecule has 0 N–H and O–H groups in total. The van der Waals surface area contributed by atoms with Crippen LogP contribution in [0.3, 0.4) is 0 Å². The van der Waals surface area contributed by atoms with E-state index in [9.17, 15) is 14.9 Å². The highest BCUT2D eigenvalue weighted by Gasteiger charge is 2.40. The molecule has 1 aromatic heterocycles. The van der Waals surface area contributed by atoms with Crippen molar-refractivity contribution in [1.29, 1.82) is 0 Å². The van der Waals surface area contributed by atoms with E-state index in [0.29, 0.717) is 38.5 Å². The lowest BCUT2D eigenvalue weighted by atomic mass is 10.0. The highest BCUT2D eigenvalue weighted by molar-refractivity contribution is 7.99. The first kappa shape index (κ1) is 25.4. The fourth-order valence-electron chi connectivity index (χ4n) is 4.67. The van der Waals surface area contributed by atoms with Gasteiger partial charge in [-0.1, -0.05) is 30.0 Å². The number of unbranched alkanes of at least 4 members (excludes halogenated alkanes) is 1. The summed E-state index contributed by atoms with van der Waals surface area (Å²) < 4.78 is 13.5. The van der Waals surface area contributed by atoms with Crippen LogP contribution in [0.4, 0.5) is 5.69 Å². The third kappa shape index (κ3) is 5.84. The molecule has 1 amide bonds. The molecule has 11 heteroatoms. The Morgan fingerprint density at radius 3 is 2.38 bits per heavy atom. The van der Waals surface area contributed by atoms with Gasteiger partial charge in [0.15, 0.2) is 16.8 Å². The summed E-state index contributed by atoms with van der Waals surface area (Å²) >= 11 is 1.59. The number of para-hydroxylation sites is 1. The minimum atomic E-state index is -0.463. The van der Waals surface area contributed by atoms with Crippen LogP contribution in [0.5, 0.6) is 0 Å². The third-order valence-electron chi connectivity index (χ3n) is 6.69. The van der Waals surface area contributed by atoms with E-state index in [1.54, 1.807) is 23.9 Å². The van der Waals surface area contributed by atoms with Crippen molar-refractivity contribution in [2.45, 2.75) is 43.0 Å². The smallest absolute Gasteiger partial charge is 0.269 e. The Morgan fingerprint density at radius 2 is 1.70 bits per heavy atom. The van der Waals surface area contributed by atoms with E-state index in [0.717, 1.165) is 47.8 Å². The lowest BCUT2D eigenvalue weighted by Crippen LogP contribution is -2.47. The molecule has 0 saturated carbocycles. The van der Waals surface area contributed by atoms with Crippen molar-refractivity contribution in [3.8, 4) is 17.1 Å². The first-order valence-corrected chi connectivity index (χ1v) is 13.5. The highest BCUT2D eigenvalue weighted by atomic mass is 32.2. The van der Waals surface area contributed by atoms with Crippen LogP contribution in [0.25, 0.3) is 17.1 Å². The number of amides is 1. The van der Waals surface area contributed by atoms with Gasteiger partial charge in [0.25, 0.3) is 5.69 Å². The zero-order valence-corrected chi connectivity index (χ0v) is 21.3. The largest absolute Gasteiger partial charge is 0.347 e. The number of piperidine rings is 1. The molecule has 2 saturated heterocycles. The molecule has 194 valence electrons. The molecule has 0 aliphatic carbocycles. The molecule has 2 aromatic carbocycles. The van der Waals surface area contributed by atoms with Gasteiger partial charge >= 0.3 is 0 Å². The van der Waals surface area contributed by atoms with Gasteiger partial charge < -0.3 is 14.4 Å². The Hall–Kier alpha value is -3.28. The second kappa shape index (κ2) is 11.4. The second-order valence-corrected chi connectivity index (χ2v) is 10.1. The number of thioether (sulfide) groups is 1. The Labute approximate surface area is 219 Å². The van der Waals surface area contributed by atoms with Crippen molar-refractivity contribution in [1.82, 2.24) is 19.7 Å². The quantitative estimate of drug-likeness (QED) is 0.175. The summed E-state index contributed by atoms with van der Waals surface area (Å²) in [6.45, 7) is 2.64. The van der Waals surface area contributed by atoms with Gasteiger partial charge in [0, 0.05) is 61.5 Å². The molecule has 0 unspecified atom stereocenters. The summed E-state index contributed by atoms with van der Waals surface area (Å²) in [4.78, 5) is 25.2. The van der Waals surface area contributed by atoms with E-state index in [1.807, 2.05) is 39.8 Å². The van der Waals surface area contributed by atoms with E-state index in [1.165, 1.54) is 12.1 Å². The standard InChI is InChI=1S/C26H29N5O5S/c32-23(29-15-13-26(14-16-29)35-17-18-36-26)8-4-5-19-37-25-28-27-24(30(25)21-6-2-1-3-7-21)20-9-11-22(12-10-20)31(33)34/h1-3,6-7,9-12H,4-5,8,13-19H2. The van der Waals surface area contributed by atoms with E-state index in [4.69, 9.17) is 9.47 Å². The zero-order chi connectivity index (χ0) is 25.7. The van der Waals surface area contributed by atoms with Crippen molar-refractivity contribution in [3.63, 3.8) is 0 Å². The van der Waals surface area contributed by atoms with Gasteiger partial charge in [-0.05, 0) is 37.1 Å². The monoisotopic (exact) mass is 523 g/mol. The summed E-state index contributed by atoms with van der Waals surface area (Å²) in [6.07, 6.45) is 3.67. The molecule has 1 spiro atoms. The van der Waals surface area contributed by atoms with Crippen LogP contribution < -0.4 is 0 Å². The fraction of sp³-hybridized carbons (Fsp3) is 0.423. The maximum absolute atomic E-state index is 12.7. The summed E-state index contributed by atoms with van der Waals surface area (Å²) in [5.41, 5.74) is 1.69. The predicted molar refractivity (Wildman–Crippen MR) is 138 cm³/mol. The Balaban J connectivity index is 1.17. The minimum absolute atomic E-state index is 0.0305. The number of nitro benzene ring substituents is 1. The van der Waals surface area contributed by atoms with E-state index >= 15 is 0 Å². The molecule has 3 heterocycles. The van der Waals surface area contributed by atoms with Crippen LogP contribution in [0.15, 0.2) is 59.8 Å². The molecule has 0 bridgehead atoms. The van der Waals surface area contributed by atoms with Gasteiger partial charge in [-0.15, -0.1) is 10.2 Å². The number of rotatable bonds is 9. The molecular weight excluding hydrogens is 494 g/mol. The van der Waals surface area contributed by atoms with Crippen LogP contribution in [0.1, 0.15) is 32.1 Å². The predicted octanol–water partition coefficient (Wildman–Crippen LogP) is 4.47. The number of ether oxygens (including phenoxy) is 2. The number of non-ortho nitro benzene ring substituents is 1. The van der Waals surface area contributed by atoms with Crippen molar-refractivity contribution in [2.24, 2.45) is 0 Å². The summed E-state index contributed by atoms with van der Waals surface area (Å²) in [5.74, 6) is 1.14. The molecule has 0 radical (unpaired) electrons. The lowest BCUT2D eigenvalue weighted by molar-refractivity contribution is -0.384. The van der Waals surface area contributed by atoms with Crippen LogP contribution in [0.2, 0.25) is 0 Å². The van der Waals surface area contributed by atoms with E-state index < -0.39 is 10.7 Å². The van der Waals surface area contributed by atoms with Crippen molar-refractivity contribution in [2.75, 3.05) is 32.1 Å². The number of carbonyl (C=O) groups is 1. The van der Waals surface area contributed by atoms with Gasteiger partial charge in [-0.2, -0.15) is 0 Å². The average molecular weight is 524 g/mol. The molecule has 10 nitrogen and oxygen atoms in total. The lowest BCUT2D eigenvalue weighted by Gasteiger charge is -2.37. The summed E-state index contributed by atoms with van der Waals surface area (Å²) in [7, 11) is 0. The fourth-order valence-corrected chi connectivity index (χ4v) is 5.63. The molecule has 2 aliphatic heterocycles. The minimum Gasteiger partial charge on any atom is -0.347 e. The Morgan fingerprint density at radius 1 is 1.00 bits per heavy atom. The summed E-state index contributed by atoms with van der Waals surface area (Å²) in [5, 5.41) is 20.6. The first-order valence-electron chi connectivity index (χ1n) is 12.5. The molecule has 3 aromatic rings. The maximum atomic E-state index is 12.7. The molecule has 2 fully saturated rings. The molecule has 5 rings (SSSR count). The van der Waals surface area contributed by atoms with E-state index in [-0.39, 0.29) is 11.6 Å². The first-order chi connectivity index (χ1) is 18.0. The number of likely N-dealkylation sites (tertiary alicyclic amines) is 1. The van der Waals surface area contributed by atoms with Gasteiger partial charge in [0.1, 0.15) is 0 Å². The molecule has 37 heavy (non-hydrogen) atoms. The van der Waals surface area contributed by atoms with E-state index in [2.05, 4.69) is 10.2 Å². The number of nitrogens with zero attached hydrogens (tertiary/aromatic N) is 5. The Kier molecular flexibility index (Phi) is 7.82. The topological polar surface area (TPSA) is 113 Å². The van der Waals surface area contributed by atoms with Crippen LogP contribution >= 0.6 is 11.8 Å². The zero-order valence-electron chi connectivity index (χ0n) is 20.5. The normalized spacial score (nSPS) is 16.8. The molecule has 0 atom stereocenters. The number of aromatic nitrogens is 3. The second-order valence-electron chi connectivity index (χ2n) is 9.08. The average Bonchev–Trinajstić information content (AvgIpc) is 3.56. The highest BCUT2D eigenvalue weighted by Crippen LogP contribution is 2.32. The van der Waals surface area contributed by atoms with Crippen LogP contribution in [-0.2, 0) is 14.3 Å². The van der Waals surface area contributed by atoms with Crippen molar-refractivity contribution in [3.05, 3.63) is 64.7 Å². The summed E-state index contributed by atoms with van der Waals surface area (Å²) in [6, 6.07) is 16.1. The van der Waals surface area contributed by atoms with Crippen molar-refractivity contribution < 1.29 is 19.2 Å². The third-order valence-corrected chi connectivity index (χ3v) is 7.71. The number of hydrogen-bond acceptors (Lipinski definition) is 8. The van der Waals surface area contributed by atoms with Crippen LogP contribution in [-0.4, -0.2) is 68.3 Å². The number of nitro groups is 1. The maximum Gasteiger partial charge on any atom is 0.269 e. The SMILES string of the molecule is O=C(CCCCSc1nnc(-c2ccc([N+](=O)[O-])cc2)n1-c1ccccc1)N1CCC2(CC1)OCCO2. The van der Waals surface area contributed by atoms with Gasteiger partial charge in [0.05, 0.1) is 18.1 Å². The van der Waals surface area contributed by atoms with Crippen LogP contribution in [0, 0.1) is 10.1 Å². The number of carbonyl (C=O) groups excluding carboxylic acids is 1. The molecule has 2 aliphatic rings. The van der Waals surface area contributed by atoms with Gasteiger partial charge in [-0.25, -0.2) is 0 Å². The number of hydrogen-bond donors (Lipinski definition) is 0. The molecular formula is C26H29N5O5S. The van der Waals surface area contributed by atoms with Gasteiger partial charge in [0.2, 0.25) is 5.91 Å².